The van der Waals surface area contributed by atoms with E-state index in [1.54, 1.807) is 24.3 Å². The van der Waals surface area contributed by atoms with E-state index in [9.17, 15) is 13.2 Å². The molecule has 1 aliphatic heterocycles. The minimum atomic E-state index is -4.45. The van der Waals surface area contributed by atoms with Crippen molar-refractivity contribution in [2.45, 2.75) is 13.1 Å². The average molecular weight is 637 g/mol. The SMILES string of the molecule is Cc1cc(Br)c(Nc2nc(N/N=C\c3ccc(-c4cccc(C(F)(F)F)c4)o3)nc(N3CCOCC3)n2)cc1Cl. The molecule has 0 radical (unpaired) electrons. The van der Waals surface area contributed by atoms with Crippen LogP contribution in [0.5, 0.6) is 0 Å². The molecule has 9 nitrogen and oxygen atoms in total. The molecule has 0 spiro atoms. The fraction of sp³-hybridized carbons (Fsp3) is 0.231. The quantitative estimate of drug-likeness (QED) is 0.167. The van der Waals surface area contributed by atoms with Gasteiger partial charge in [-0.25, -0.2) is 5.43 Å². The Morgan fingerprint density at radius 2 is 1.82 bits per heavy atom. The number of furan rings is 1. The van der Waals surface area contributed by atoms with Gasteiger partial charge < -0.3 is 19.4 Å². The van der Waals surface area contributed by atoms with Crippen LogP contribution in [0.1, 0.15) is 16.9 Å². The zero-order chi connectivity index (χ0) is 28.3. The summed E-state index contributed by atoms with van der Waals surface area (Å²) in [5, 5.41) is 7.90. The molecule has 0 aliphatic carbocycles. The van der Waals surface area contributed by atoms with E-state index < -0.39 is 11.7 Å². The highest BCUT2D eigenvalue weighted by Gasteiger charge is 2.30. The van der Waals surface area contributed by atoms with Crippen LogP contribution in [0, 0.1) is 6.92 Å². The first-order valence-corrected chi connectivity index (χ1v) is 13.2. The number of hydrogen-bond acceptors (Lipinski definition) is 9. The van der Waals surface area contributed by atoms with E-state index in [0.29, 0.717) is 54.3 Å². The number of alkyl halides is 3. The lowest BCUT2D eigenvalue weighted by Gasteiger charge is -2.27. The molecular weight excluding hydrogens is 615 g/mol. The van der Waals surface area contributed by atoms with E-state index in [2.05, 4.69) is 46.7 Å². The number of ether oxygens (including phenoxy) is 1. The van der Waals surface area contributed by atoms with Crippen LogP contribution in [0.25, 0.3) is 11.3 Å². The maximum Gasteiger partial charge on any atom is 0.416 e. The summed E-state index contributed by atoms with van der Waals surface area (Å²) < 4.78 is 51.1. The van der Waals surface area contributed by atoms with Gasteiger partial charge in [0.2, 0.25) is 17.8 Å². The number of hydrogen-bond donors (Lipinski definition) is 2. The van der Waals surface area contributed by atoms with E-state index in [1.807, 2.05) is 17.9 Å². The summed E-state index contributed by atoms with van der Waals surface area (Å²) in [5.41, 5.74) is 3.90. The monoisotopic (exact) mass is 635 g/mol. The first-order valence-electron chi connectivity index (χ1n) is 12.0. The summed E-state index contributed by atoms with van der Waals surface area (Å²) in [5.74, 6) is 1.45. The molecule has 1 aliphatic rings. The minimum Gasteiger partial charge on any atom is -0.455 e. The van der Waals surface area contributed by atoms with Crippen molar-refractivity contribution in [1.82, 2.24) is 15.0 Å². The molecule has 2 aromatic heterocycles. The first kappa shape index (κ1) is 27.9. The first-order chi connectivity index (χ1) is 19.2. The van der Waals surface area contributed by atoms with Gasteiger partial charge in [-0.05, 0) is 64.8 Å². The zero-order valence-electron chi connectivity index (χ0n) is 21.0. The molecule has 4 aromatic rings. The molecule has 0 atom stereocenters. The minimum absolute atomic E-state index is 0.161. The third kappa shape index (κ3) is 6.72. The molecule has 40 heavy (non-hydrogen) atoms. The molecule has 208 valence electrons. The number of hydrazone groups is 1. The molecule has 1 saturated heterocycles. The molecule has 0 unspecified atom stereocenters. The van der Waals surface area contributed by atoms with Gasteiger partial charge in [0.05, 0.1) is 30.7 Å². The second-order valence-electron chi connectivity index (χ2n) is 8.74. The van der Waals surface area contributed by atoms with Crippen LogP contribution in [0.3, 0.4) is 0 Å². The van der Waals surface area contributed by atoms with Crippen LogP contribution in [0.15, 0.2) is 62.5 Å². The third-order valence-electron chi connectivity index (χ3n) is 5.87. The lowest BCUT2D eigenvalue weighted by atomic mass is 10.1. The number of aryl methyl sites for hydroxylation is 1. The molecule has 1 fully saturated rings. The van der Waals surface area contributed by atoms with E-state index in [-0.39, 0.29) is 17.7 Å². The Bertz CT molecular complexity index is 1540. The lowest BCUT2D eigenvalue weighted by molar-refractivity contribution is -0.137. The number of benzene rings is 2. The number of aromatic nitrogens is 3. The van der Waals surface area contributed by atoms with Crippen LogP contribution in [0.2, 0.25) is 5.02 Å². The van der Waals surface area contributed by atoms with Gasteiger partial charge in [-0.15, -0.1) is 0 Å². The number of rotatable bonds is 7. The van der Waals surface area contributed by atoms with E-state index in [4.69, 9.17) is 20.8 Å². The van der Waals surface area contributed by atoms with Gasteiger partial charge in [0.15, 0.2) is 0 Å². The topological polar surface area (TPSA) is 101 Å². The lowest BCUT2D eigenvalue weighted by Crippen LogP contribution is -2.37. The van der Waals surface area contributed by atoms with Crippen LogP contribution >= 0.6 is 27.5 Å². The molecule has 5 rings (SSSR count). The van der Waals surface area contributed by atoms with Gasteiger partial charge >= 0.3 is 6.18 Å². The average Bonchev–Trinajstić information content (AvgIpc) is 3.41. The maximum absolute atomic E-state index is 13.1. The molecule has 2 aromatic carbocycles. The standard InChI is InChI=1S/C26H22BrClF3N7O2/c1-15-11-19(27)21(13-20(15)28)33-23-34-24(36-25(35-23)38-7-9-39-10-8-38)37-32-14-18-5-6-22(40-18)16-3-2-4-17(12-16)26(29,30)31/h2-6,11-14H,7-10H2,1H3,(H2,33,34,35,36,37)/b32-14-. The Balaban J connectivity index is 1.36. The largest absolute Gasteiger partial charge is 0.455 e. The fourth-order valence-electron chi connectivity index (χ4n) is 3.82. The van der Waals surface area contributed by atoms with Crippen molar-refractivity contribution < 1.29 is 22.3 Å². The molecule has 14 heteroatoms. The predicted molar refractivity (Wildman–Crippen MR) is 150 cm³/mol. The summed E-state index contributed by atoms with van der Waals surface area (Å²) in [4.78, 5) is 15.4. The molecular formula is C26H22BrClF3N7O2. The third-order valence-corrected chi connectivity index (χ3v) is 6.93. The van der Waals surface area contributed by atoms with E-state index >= 15 is 0 Å². The highest BCUT2D eigenvalue weighted by Crippen LogP contribution is 2.33. The predicted octanol–water partition coefficient (Wildman–Crippen LogP) is 6.90. The fourth-order valence-corrected chi connectivity index (χ4v) is 4.54. The van der Waals surface area contributed by atoms with Crippen LogP contribution < -0.4 is 15.6 Å². The summed E-state index contributed by atoms with van der Waals surface area (Å²) in [6.07, 6.45) is -3.07. The Hall–Kier alpha value is -3.68. The summed E-state index contributed by atoms with van der Waals surface area (Å²) >= 11 is 9.83. The summed E-state index contributed by atoms with van der Waals surface area (Å²) in [6.45, 7) is 4.20. The van der Waals surface area contributed by atoms with Gasteiger partial charge in [-0.2, -0.15) is 33.2 Å². The van der Waals surface area contributed by atoms with Crippen LogP contribution in [0.4, 0.5) is 36.7 Å². The van der Waals surface area contributed by atoms with E-state index in [1.165, 1.54) is 12.3 Å². The molecule has 3 heterocycles. The van der Waals surface area contributed by atoms with Gasteiger partial charge in [-0.1, -0.05) is 23.7 Å². The van der Waals surface area contributed by atoms with Crippen molar-refractivity contribution in [1.29, 1.82) is 0 Å². The number of halogens is 5. The molecule has 0 saturated carbocycles. The number of nitrogens with one attached hydrogen (secondary N) is 2. The van der Waals surface area contributed by atoms with Crippen LogP contribution in [-0.4, -0.2) is 47.5 Å². The van der Waals surface area contributed by atoms with Gasteiger partial charge in [0.25, 0.3) is 0 Å². The Kier molecular flexibility index (Phi) is 8.24. The van der Waals surface area contributed by atoms with Crippen LogP contribution in [-0.2, 0) is 10.9 Å². The van der Waals surface area contributed by atoms with Crippen molar-refractivity contribution in [3.63, 3.8) is 0 Å². The molecule has 0 bridgehead atoms. The number of morpholine rings is 1. The van der Waals surface area contributed by atoms with E-state index in [0.717, 1.165) is 22.2 Å². The van der Waals surface area contributed by atoms with Crippen molar-refractivity contribution in [3.8, 4) is 11.3 Å². The maximum atomic E-state index is 13.1. The second-order valence-corrected chi connectivity index (χ2v) is 10.0. The van der Waals surface area contributed by atoms with Gasteiger partial charge in [0, 0.05) is 28.1 Å². The summed E-state index contributed by atoms with van der Waals surface area (Å²) in [7, 11) is 0. The van der Waals surface area contributed by atoms with Crippen molar-refractivity contribution in [2.75, 3.05) is 41.9 Å². The zero-order valence-corrected chi connectivity index (χ0v) is 23.3. The number of anilines is 4. The molecule has 2 N–H and O–H groups in total. The Morgan fingerprint density at radius 1 is 1.05 bits per heavy atom. The highest BCUT2D eigenvalue weighted by atomic mass is 79.9. The second kappa shape index (κ2) is 11.8. The normalized spacial score (nSPS) is 14.1. The Morgan fingerprint density at radius 3 is 2.60 bits per heavy atom. The van der Waals surface area contributed by atoms with Crippen molar-refractivity contribution in [3.05, 3.63) is 74.9 Å². The number of nitrogens with zero attached hydrogens (tertiary/aromatic N) is 5. The van der Waals surface area contributed by atoms with Gasteiger partial charge in [-0.3, -0.25) is 0 Å². The van der Waals surface area contributed by atoms with Gasteiger partial charge in [0.1, 0.15) is 11.5 Å². The molecule has 0 amide bonds. The smallest absolute Gasteiger partial charge is 0.416 e. The van der Waals surface area contributed by atoms with Crippen molar-refractivity contribution >= 4 is 57.3 Å². The van der Waals surface area contributed by atoms with Crippen molar-refractivity contribution in [2.24, 2.45) is 5.10 Å². The summed E-state index contributed by atoms with van der Waals surface area (Å²) in [6, 6.07) is 11.7. The Labute approximate surface area is 240 Å². The highest BCUT2D eigenvalue weighted by molar-refractivity contribution is 9.10.